The fraction of sp³-hybridized carbons (Fsp3) is 0.125. The topological polar surface area (TPSA) is 59.3 Å². The molecule has 0 N–H and O–H groups in total. The van der Waals surface area contributed by atoms with E-state index in [1.807, 2.05) is 6.92 Å². The fourth-order valence-electron chi connectivity index (χ4n) is 1.67. The van der Waals surface area contributed by atoms with Crippen molar-refractivity contribution in [3.05, 3.63) is 59.4 Å². The third kappa shape index (κ3) is 3.57. The van der Waals surface area contributed by atoms with Crippen LogP contribution in [0.1, 0.15) is 22.8 Å². The number of esters is 1. The number of carbonyl (C=O) groups is 1. The summed E-state index contributed by atoms with van der Waals surface area (Å²) in [6.45, 7) is 2.40. The van der Waals surface area contributed by atoms with Crippen molar-refractivity contribution in [2.75, 3.05) is 6.61 Å². The average molecular weight is 285 g/mol. The van der Waals surface area contributed by atoms with Crippen molar-refractivity contribution in [3.63, 3.8) is 0 Å². The lowest BCUT2D eigenvalue weighted by Crippen LogP contribution is -2.08. The quantitative estimate of drug-likeness (QED) is 0.638. The maximum Gasteiger partial charge on any atom is 0.343 e. The summed E-state index contributed by atoms with van der Waals surface area (Å²) < 4.78 is 23.7. The number of benzene rings is 2. The largest absolute Gasteiger partial charge is 0.494 e. The second kappa shape index (κ2) is 6.53. The molecule has 0 aliphatic rings. The highest BCUT2D eigenvalue weighted by Crippen LogP contribution is 2.18. The van der Waals surface area contributed by atoms with Gasteiger partial charge in [-0.15, -0.1) is 0 Å². The first kappa shape index (κ1) is 14.5. The van der Waals surface area contributed by atoms with Gasteiger partial charge >= 0.3 is 5.97 Å². The van der Waals surface area contributed by atoms with Crippen molar-refractivity contribution >= 4 is 5.97 Å². The second-order valence-corrected chi connectivity index (χ2v) is 4.10. The normalized spacial score (nSPS) is 9.76. The summed E-state index contributed by atoms with van der Waals surface area (Å²) in [5.41, 5.74) is 0.221. The first-order chi connectivity index (χ1) is 10.1. The molecule has 0 fully saturated rings. The van der Waals surface area contributed by atoms with Crippen molar-refractivity contribution < 1.29 is 18.7 Å². The molecular formula is C16H12FNO3. The van der Waals surface area contributed by atoms with Gasteiger partial charge in [0.15, 0.2) is 0 Å². The van der Waals surface area contributed by atoms with Crippen molar-refractivity contribution in [3.8, 4) is 17.6 Å². The van der Waals surface area contributed by atoms with Crippen molar-refractivity contribution in [2.45, 2.75) is 6.92 Å². The highest BCUT2D eigenvalue weighted by Gasteiger charge is 2.10. The molecule has 0 radical (unpaired) electrons. The summed E-state index contributed by atoms with van der Waals surface area (Å²) in [4.78, 5) is 11.9. The summed E-state index contributed by atoms with van der Waals surface area (Å²) in [7, 11) is 0. The van der Waals surface area contributed by atoms with Gasteiger partial charge in [0, 0.05) is 6.07 Å². The van der Waals surface area contributed by atoms with E-state index in [-0.39, 0.29) is 11.3 Å². The van der Waals surface area contributed by atoms with Crippen LogP contribution in [-0.2, 0) is 0 Å². The fourth-order valence-corrected chi connectivity index (χ4v) is 1.67. The van der Waals surface area contributed by atoms with E-state index in [1.165, 1.54) is 12.1 Å². The number of nitrogens with zero attached hydrogens (tertiary/aromatic N) is 1. The van der Waals surface area contributed by atoms with Crippen LogP contribution in [0.3, 0.4) is 0 Å². The number of hydrogen-bond donors (Lipinski definition) is 0. The summed E-state index contributed by atoms with van der Waals surface area (Å²) >= 11 is 0. The van der Waals surface area contributed by atoms with Gasteiger partial charge < -0.3 is 9.47 Å². The van der Waals surface area contributed by atoms with Crippen LogP contribution in [0.4, 0.5) is 4.39 Å². The Morgan fingerprint density at radius 3 is 2.43 bits per heavy atom. The Kier molecular flexibility index (Phi) is 4.52. The Morgan fingerprint density at radius 2 is 1.86 bits per heavy atom. The Labute approximate surface area is 121 Å². The van der Waals surface area contributed by atoms with Gasteiger partial charge in [-0.1, -0.05) is 0 Å². The smallest absolute Gasteiger partial charge is 0.343 e. The van der Waals surface area contributed by atoms with Gasteiger partial charge in [0.1, 0.15) is 23.4 Å². The minimum Gasteiger partial charge on any atom is -0.494 e. The van der Waals surface area contributed by atoms with Crippen molar-refractivity contribution in [1.82, 2.24) is 0 Å². The van der Waals surface area contributed by atoms with Crippen LogP contribution in [0.5, 0.6) is 11.5 Å². The van der Waals surface area contributed by atoms with Crippen LogP contribution in [0, 0.1) is 17.1 Å². The van der Waals surface area contributed by atoms with E-state index in [0.29, 0.717) is 17.9 Å². The van der Waals surface area contributed by atoms with Gasteiger partial charge in [-0.2, -0.15) is 5.26 Å². The van der Waals surface area contributed by atoms with Crippen LogP contribution in [0.15, 0.2) is 42.5 Å². The van der Waals surface area contributed by atoms with Gasteiger partial charge in [0.25, 0.3) is 0 Å². The van der Waals surface area contributed by atoms with Crippen LogP contribution in [-0.4, -0.2) is 12.6 Å². The lowest BCUT2D eigenvalue weighted by atomic mass is 10.2. The van der Waals surface area contributed by atoms with E-state index in [0.717, 1.165) is 6.07 Å². The molecule has 0 spiro atoms. The number of rotatable bonds is 4. The molecule has 0 aromatic heterocycles. The zero-order valence-corrected chi connectivity index (χ0v) is 11.3. The number of ether oxygens (including phenoxy) is 2. The van der Waals surface area contributed by atoms with E-state index in [4.69, 9.17) is 14.7 Å². The molecule has 4 nitrogen and oxygen atoms in total. The SMILES string of the molecule is CCOc1ccc(C(=O)Oc2ccc(C#N)c(F)c2)cc1. The van der Waals surface area contributed by atoms with E-state index < -0.39 is 11.8 Å². The lowest BCUT2D eigenvalue weighted by Gasteiger charge is -2.06. The second-order valence-electron chi connectivity index (χ2n) is 4.10. The molecular weight excluding hydrogens is 273 g/mol. The van der Waals surface area contributed by atoms with Crippen LogP contribution < -0.4 is 9.47 Å². The van der Waals surface area contributed by atoms with Crippen LogP contribution in [0.2, 0.25) is 0 Å². The Balaban J connectivity index is 2.10. The summed E-state index contributed by atoms with van der Waals surface area (Å²) in [5.74, 6) is -0.638. The molecule has 0 atom stereocenters. The van der Waals surface area contributed by atoms with Crippen molar-refractivity contribution in [2.24, 2.45) is 0 Å². The average Bonchev–Trinajstić information content (AvgIpc) is 2.48. The molecule has 2 aromatic rings. The minimum absolute atomic E-state index is 0.0467. The first-order valence-corrected chi connectivity index (χ1v) is 6.28. The highest BCUT2D eigenvalue weighted by atomic mass is 19.1. The summed E-state index contributed by atoms with van der Waals surface area (Å²) in [5, 5.41) is 8.63. The van der Waals surface area contributed by atoms with Crippen LogP contribution >= 0.6 is 0 Å². The number of halogens is 1. The molecule has 0 saturated heterocycles. The molecule has 0 saturated carbocycles. The Morgan fingerprint density at radius 1 is 1.19 bits per heavy atom. The molecule has 0 amide bonds. The predicted octanol–water partition coefficient (Wildman–Crippen LogP) is 3.32. The molecule has 0 aliphatic heterocycles. The molecule has 0 bridgehead atoms. The minimum atomic E-state index is -0.727. The molecule has 2 rings (SSSR count). The van der Waals surface area contributed by atoms with Gasteiger partial charge in [0.05, 0.1) is 17.7 Å². The maximum absolute atomic E-state index is 13.4. The number of carbonyl (C=O) groups excluding carboxylic acids is 1. The van der Waals surface area contributed by atoms with E-state index in [9.17, 15) is 9.18 Å². The highest BCUT2D eigenvalue weighted by molar-refractivity contribution is 5.91. The van der Waals surface area contributed by atoms with Gasteiger partial charge in [-0.3, -0.25) is 0 Å². The molecule has 2 aromatic carbocycles. The molecule has 0 aliphatic carbocycles. The number of nitriles is 1. The predicted molar refractivity (Wildman–Crippen MR) is 73.7 cm³/mol. The zero-order valence-electron chi connectivity index (χ0n) is 11.3. The molecule has 21 heavy (non-hydrogen) atoms. The molecule has 0 unspecified atom stereocenters. The number of hydrogen-bond acceptors (Lipinski definition) is 4. The standard InChI is InChI=1S/C16H12FNO3/c1-2-20-13-6-3-11(4-7-13)16(19)21-14-8-5-12(10-18)15(17)9-14/h3-9H,2H2,1H3. The van der Waals surface area contributed by atoms with E-state index in [1.54, 1.807) is 30.3 Å². The van der Waals surface area contributed by atoms with Crippen LogP contribution in [0.25, 0.3) is 0 Å². The lowest BCUT2D eigenvalue weighted by molar-refractivity contribution is 0.0734. The monoisotopic (exact) mass is 285 g/mol. The zero-order chi connectivity index (χ0) is 15.2. The molecule has 0 heterocycles. The maximum atomic E-state index is 13.4. The summed E-state index contributed by atoms with van der Waals surface area (Å²) in [6.07, 6.45) is 0. The third-order valence-electron chi connectivity index (χ3n) is 2.67. The van der Waals surface area contributed by atoms with Gasteiger partial charge in [-0.25, -0.2) is 9.18 Å². The van der Waals surface area contributed by atoms with Gasteiger partial charge in [-0.05, 0) is 43.3 Å². The van der Waals surface area contributed by atoms with Gasteiger partial charge in [0.2, 0.25) is 0 Å². The Bertz CT molecular complexity index is 690. The molecule has 106 valence electrons. The molecule has 5 heteroatoms. The van der Waals surface area contributed by atoms with E-state index in [2.05, 4.69) is 0 Å². The first-order valence-electron chi connectivity index (χ1n) is 6.28. The summed E-state index contributed by atoms with van der Waals surface area (Å²) in [6, 6.07) is 11.8. The third-order valence-corrected chi connectivity index (χ3v) is 2.67. The van der Waals surface area contributed by atoms with Crippen molar-refractivity contribution in [1.29, 1.82) is 5.26 Å². The van der Waals surface area contributed by atoms with E-state index >= 15 is 0 Å². The Hall–Kier alpha value is -2.87.